The van der Waals surface area contributed by atoms with E-state index >= 15 is 0 Å². The maximum atomic E-state index is 6.43. The van der Waals surface area contributed by atoms with Crippen LogP contribution >= 0.6 is 0 Å². The molecule has 0 radical (unpaired) electrons. The van der Waals surface area contributed by atoms with Gasteiger partial charge in [0, 0.05) is 27.3 Å². The van der Waals surface area contributed by atoms with Crippen LogP contribution in [0.25, 0.3) is 49.7 Å². The predicted molar refractivity (Wildman–Crippen MR) is 153 cm³/mol. The first-order valence-corrected chi connectivity index (χ1v) is 13.3. The van der Waals surface area contributed by atoms with E-state index in [4.69, 9.17) is 9.31 Å². The molecule has 2 aliphatic heterocycles. The Morgan fingerprint density at radius 2 is 1.35 bits per heavy atom. The molecule has 3 heterocycles. The Morgan fingerprint density at radius 1 is 0.649 bits per heavy atom. The standard InChI is InChI=1S/C33H30BNO2/c1-31(2)24-12-9-11-21-20-10-7-8-13-26(20)35-27-17-14-19(34-36-32(3,4)33(5,6)37-34)18-23(27)22-15-16-25(31)29(28(21)24)30(22)35/h7-18H,1-6H3. The van der Waals surface area contributed by atoms with Crippen LogP contribution in [0.15, 0.2) is 72.8 Å². The van der Waals surface area contributed by atoms with Crippen LogP contribution in [0, 0.1) is 0 Å². The molecule has 37 heavy (non-hydrogen) atoms. The second kappa shape index (κ2) is 6.56. The molecule has 0 atom stereocenters. The molecule has 3 aliphatic rings. The van der Waals surface area contributed by atoms with Crippen LogP contribution in [-0.4, -0.2) is 22.9 Å². The molecule has 182 valence electrons. The van der Waals surface area contributed by atoms with E-state index in [-0.39, 0.29) is 23.7 Å². The van der Waals surface area contributed by atoms with Gasteiger partial charge in [-0.15, -0.1) is 0 Å². The summed E-state index contributed by atoms with van der Waals surface area (Å²) >= 11 is 0. The van der Waals surface area contributed by atoms with Crippen molar-refractivity contribution in [1.82, 2.24) is 4.57 Å². The third-order valence-corrected chi connectivity index (χ3v) is 9.57. The Labute approximate surface area is 218 Å². The zero-order valence-electron chi connectivity index (χ0n) is 22.3. The number of benzene rings is 4. The van der Waals surface area contributed by atoms with E-state index in [0.29, 0.717) is 0 Å². The van der Waals surface area contributed by atoms with Gasteiger partial charge in [-0.25, -0.2) is 0 Å². The highest BCUT2D eigenvalue weighted by Crippen LogP contribution is 2.57. The van der Waals surface area contributed by atoms with E-state index in [1.54, 1.807) is 0 Å². The van der Waals surface area contributed by atoms with Crippen molar-refractivity contribution < 1.29 is 9.31 Å². The summed E-state index contributed by atoms with van der Waals surface area (Å²) in [5, 5.41) is 2.52. The summed E-state index contributed by atoms with van der Waals surface area (Å²) in [7, 11) is -0.381. The molecule has 5 aromatic rings. The molecule has 1 aromatic heterocycles. The molecule has 0 unspecified atom stereocenters. The number of nitrogens with zero attached hydrogens (tertiary/aromatic N) is 1. The third kappa shape index (κ3) is 2.51. The van der Waals surface area contributed by atoms with Gasteiger partial charge in [-0.1, -0.05) is 74.5 Å². The Kier molecular flexibility index (Phi) is 3.85. The van der Waals surface area contributed by atoms with Gasteiger partial charge in [0.05, 0.1) is 27.9 Å². The van der Waals surface area contributed by atoms with E-state index < -0.39 is 0 Å². The fraction of sp³-hybridized carbons (Fsp3) is 0.273. The number of rotatable bonds is 1. The van der Waals surface area contributed by atoms with E-state index in [1.807, 2.05) is 0 Å². The minimum Gasteiger partial charge on any atom is -0.399 e. The molecular formula is C33H30BNO2. The smallest absolute Gasteiger partial charge is 0.399 e. The monoisotopic (exact) mass is 483 g/mol. The summed E-state index contributed by atoms with van der Waals surface area (Å²) in [5.41, 5.74) is 12.3. The largest absolute Gasteiger partial charge is 0.494 e. The summed E-state index contributed by atoms with van der Waals surface area (Å²) in [4.78, 5) is 0. The molecular weight excluding hydrogens is 453 g/mol. The Hall–Kier alpha value is -3.34. The highest BCUT2D eigenvalue weighted by molar-refractivity contribution is 6.62. The van der Waals surface area contributed by atoms with Crippen LogP contribution in [-0.2, 0) is 14.7 Å². The summed E-state index contributed by atoms with van der Waals surface area (Å²) in [6, 6.07) is 27.1. The SMILES string of the molecule is CC1(C)c2cccc3c2-c2c1ccc1c4cc(B5OC(C)(C)C(C)(C)O5)ccc4n(c21)-c1ccccc1-3. The van der Waals surface area contributed by atoms with Gasteiger partial charge in [-0.2, -0.15) is 0 Å². The molecule has 1 fully saturated rings. The summed E-state index contributed by atoms with van der Waals surface area (Å²) in [6.07, 6.45) is 0. The average Bonchev–Trinajstić information content (AvgIpc) is 3.36. The van der Waals surface area contributed by atoms with Crippen LogP contribution in [0.4, 0.5) is 0 Å². The van der Waals surface area contributed by atoms with Crippen molar-refractivity contribution in [3.8, 4) is 27.9 Å². The van der Waals surface area contributed by atoms with Crippen LogP contribution in [0.3, 0.4) is 0 Å². The zero-order chi connectivity index (χ0) is 25.5. The minimum atomic E-state index is -0.381. The Balaban J connectivity index is 1.49. The van der Waals surface area contributed by atoms with Crippen LogP contribution in [0.1, 0.15) is 52.7 Å². The number of para-hydroxylation sites is 1. The van der Waals surface area contributed by atoms with Crippen LogP contribution in [0.2, 0.25) is 0 Å². The summed E-state index contributed by atoms with van der Waals surface area (Å²) in [6.45, 7) is 13.2. The number of fused-ring (bicyclic) bond motifs is 6. The molecule has 1 saturated heterocycles. The minimum absolute atomic E-state index is 0.0453. The first-order chi connectivity index (χ1) is 17.6. The van der Waals surface area contributed by atoms with Gasteiger partial charge in [0.25, 0.3) is 0 Å². The van der Waals surface area contributed by atoms with Gasteiger partial charge in [0.15, 0.2) is 0 Å². The first kappa shape index (κ1) is 21.7. The van der Waals surface area contributed by atoms with Crippen molar-refractivity contribution in [3.63, 3.8) is 0 Å². The molecule has 1 aliphatic carbocycles. The fourth-order valence-electron chi connectivity index (χ4n) is 6.88. The topological polar surface area (TPSA) is 23.4 Å². The van der Waals surface area contributed by atoms with Crippen molar-refractivity contribution in [2.75, 3.05) is 0 Å². The molecule has 8 rings (SSSR count). The fourth-order valence-corrected chi connectivity index (χ4v) is 6.88. The molecule has 0 N–H and O–H groups in total. The molecule has 0 saturated carbocycles. The lowest BCUT2D eigenvalue weighted by Crippen LogP contribution is -2.41. The van der Waals surface area contributed by atoms with E-state index in [0.717, 1.165) is 5.46 Å². The molecule has 4 heteroatoms. The molecule has 0 spiro atoms. The van der Waals surface area contributed by atoms with Gasteiger partial charge < -0.3 is 13.9 Å². The first-order valence-electron chi connectivity index (χ1n) is 13.3. The quantitative estimate of drug-likeness (QED) is 0.228. The number of hydrogen-bond acceptors (Lipinski definition) is 2. The number of hydrogen-bond donors (Lipinski definition) is 0. The molecule has 0 amide bonds. The van der Waals surface area contributed by atoms with Gasteiger partial charge >= 0.3 is 7.12 Å². The highest BCUT2D eigenvalue weighted by atomic mass is 16.7. The van der Waals surface area contributed by atoms with Gasteiger partial charge in [0.1, 0.15) is 0 Å². The van der Waals surface area contributed by atoms with Crippen molar-refractivity contribution in [3.05, 3.63) is 83.9 Å². The molecule has 0 bridgehead atoms. The lowest BCUT2D eigenvalue weighted by Gasteiger charge is -2.32. The van der Waals surface area contributed by atoms with Gasteiger partial charge in [-0.3, -0.25) is 0 Å². The normalized spacial score (nSPS) is 19.5. The van der Waals surface area contributed by atoms with E-state index in [9.17, 15) is 0 Å². The van der Waals surface area contributed by atoms with Gasteiger partial charge in [-0.05, 0) is 67.5 Å². The lowest BCUT2D eigenvalue weighted by atomic mass is 9.78. The van der Waals surface area contributed by atoms with Crippen molar-refractivity contribution in [1.29, 1.82) is 0 Å². The molecule has 4 aromatic carbocycles. The van der Waals surface area contributed by atoms with Crippen LogP contribution in [0.5, 0.6) is 0 Å². The van der Waals surface area contributed by atoms with E-state index in [2.05, 4.69) is 119 Å². The van der Waals surface area contributed by atoms with Crippen LogP contribution < -0.4 is 5.46 Å². The van der Waals surface area contributed by atoms with E-state index in [1.165, 1.54) is 60.9 Å². The van der Waals surface area contributed by atoms with Crippen molar-refractivity contribution in [2.45, 2.75) is 58.2 Å². The second-order valence-electron chi connectivity index (χ2n) is 12.5. The maximum absolute atomic E-state index is 6.43. The third-order valence-electron chi connectivity index (χ3n) is 9.57. The summed E-state index contributed by atoms with van der Waals surface area (Å²) in [5.74, 6) is 0. The van der Waals surface area contributed by atoms with Crippen molar-refractivity contribution in [2.24, 2.45) is 0 Å². The average molecular weight is 483 g/mol. The maximum Gasteiger partial charge on any atom is 0.494 e. The Morgan fingerprint density at radius 3 is 2.14 bits per heavy atom. The second-order valence-corrected chi connectivity index (χ2v) is 12.5. The Bertz CT molecular complexity index is 1810. The lowest BCUT2D eigenvalue weighted by molar-refractivity contribution is 0.00578. The van der Waals surface area contributed by atoms with Crippen molar-refractivity contribution >= 4 is 34.4 Å². The highest BCUT2D eigenvalue weighted by Gasteiger charge is 2.52. The predicted octanol–water partition coefficient (Wildman–Crippen LogP) is 7.37. The van der Waals surface area contributed by atoms with Gasteiger partial charge in [0.2, 0.25) is 0 Å². The number of aromatic nitrogens is 1. The molecule has 3 nitrogen and oxygen atoms in total. The summed E-state index contributed by atoms with van der Waals surface area (Å²) < 4.78 is 15.4. The zero-order valence-corrected chi connectivity index (χ0v) is 22.3.